The second-order valence-electron chi connectivity index (χ2n) is 9.10. The fourth-order valence-corrected chi connectivity index (χ4v) is 5.25. The molecule has 1 aliphatic carbocycles. The third-order valence-corrected chi connectivity index (χ3v) is 6.91. The van der Waals surface area contributed by atoms with Crippen molar-refractivity contribution < 1.29 is 4.42 Å². The summed E-state index contributed by atoms with van der Waals surface area (Å²) in [7, 11) is 0. The molecule has 1 aromatic carbocycles. The number of nitrogens with one attached hydrogen (secondary N) is 1. The summed E-state index contributed by atoms with van der Waals surface area (Å²) < 4.78 is 7.70. The quantitative estimate of drug-likeness (QED) is 0.500. The van der Waals surface area contributed by atoms with E-state index in [0.717, 1.165) is 41.9 Å². The molecule has 31 heavy (non-hydrogen) atoms. The van der Waals surface area contributed by atoms with Gasteiger partial charge in [-0.1, -0.05) is 12.8 Å². The largest absolute Gasteiger partial charge is 0.422 e. The van der Waals surface area contributed by atoms with E-state index in [4.69, 9.17) is 4.42 Å². The molecule has 6 heteroatoms. The molecule has 158 valence electrons. The predicted molar refractivity (Wildman–Crippen MR) is 123 cm³/mol. The van der Waals surface area contributed by atoms with Gasteiger partial charge in [-0.2, -0.15) is 0 Å². The summed E-state index contributed by atoms with van der Waals surface area (Å²) in [4.78, 5) is 19.9. The van der Waals surface area contributed by atoms with Gasteiger partial charge in [-0.15, -0.1) is 0 Å². The molecule has 6 nitrogen and oxygen atoms in total. The Morgan fingerprint density at radius 3 is 2.87 bits per heavy atom. The van der Waals surface area contributed by atoms with Crippen LogP contribution in [0.3, 0.4) is 0 Å². The van der Waals surface area contributed by atoms with Gasteiger partial charge in [0.2, 0.25) is 0 Å². The van der Waals surface area contributed by atoms with Crippen LogP contribution in [-0.4, -0.2) is 34.6 Å². The van der Waals surface area contributed by atoms with E-state index in [0.29, 0.717) is 16.8 Å². The van der Waals surface area contributed by atoms with Crippen molar-refractivity contribution in [2.75, 3.05) is 24.5 Å². The van der Waals surface area contributed by atoms with Gasteiger partial charge in [-0.25, -0.2) is 9.78 Å². The summed E-state index contributed by atoms with van der Waals surface area (Å²) in [5.74, 6) is 0. The van der Waals surface area contributed by atoms with Crippen molar-refractivity contribution in [3.8, 4) is 11.3 Å². The maximum absolute atomic E-state index is 12.8. The van der Waals surface area contributed by atoms with Gasteiger partial charge in [0.05, 0.1) is 11.3 Å². The van der Waals surface area contributed by atoms with E-state index < -0.39 is 0 Å². The van der Waals surface area contributed by atoms with Crippen molar-refractivity contribution in [3.63, 3.8) is 0 Å². The van der Waals surface area contributed by atoms with Crippen LogP contribution in [0.2, 0.25) is 0 Å². The smallest absolute Gasteiger partial charge is 0.345 e. The number of piperazine rings is 1. The first-order chi connectivity index (χ1) is 15.1. The summed E-state index contributed by atoms with van der Waals surface area (Å²) in [6.45, 7) is 5.01. The number of anilines is 1. The zero-order valence-corrected chi connectivity index (χ0v) is 17.7. The van der Waals surface area contributed by atoms with E-state index in [1.165, 1.54) is 25.7 Å². The fraction of sp³-hybridized carbons (Fsp3) is 0.360. The summed E-state index contributed by atoms with van der Waals surface area (Å²) in [5, 5.41) is 4.67. The molecule has 1 spiro atoms. The zero-order valence-electron chi connectivity index (χ0n) is 17.7. The van der Waals surface area contributed by atoms with Crippen LogP contribution in [0.1, 0.15) is 31.2 Å². The van der Waals surface area contributed by atoms with Crippen LogP contribution in [0.15, 0.2) is 58.0 Å². The Morgan fingerprint density at radius 1 is 1.13 bits per heavy atom. The molecule has 1 aliphatic heterocycles. The molecule has 4 heterocycles. The molecular formula is C25H26N4O2. The molecule has 6 rings (SSSR count). The summed E-state index contributed by atoms with van der Waals surface area (Å²) in [6.07, 6.45) is 8.93. The minimum absolute atomic E-state index is 0.249. The Kier molecular flexibility index (Phi) is 4.18. The SMILES string of the molecule is Cc1ccn2cc(-c3cc4ccc(N5CCNC6(CCCC6)C5)cc4oc3=O)nc2c1. The second-order valence-corrected chi connectivity index (χ2v) is 9.10. The number of fused-ring (bicyclic) bond motifs is 2. The van der Waals surface area contributed by atoms with Gasteiger partial charge < -0.3 is 19.0 Å². The Balaban J connectivity index is 1.36. The van der Waals surface area contributed by atoms with Gasteiger partial charge in [-0.05, 0) is 55.7 Å². The predicted octanol–water partition coefficient (Wildman–Crippen LogP) is 4.14. The van der Waals surface area contributed by atoms with E-state index in [1.807, 2.05) is 48.0 Å². The van der Waals surface area contributed by atoms with Crippen LogP contribution in [-0.2, 0) is 0 Å². The summed E-state index contributed by atoms with van der Waals surface area (Å²) in [5.41, 5.74) is 4.74. The van der Waals surface area contributed by atoms with Gasteiger partial charge in [-0.3, -0.25) is 0 Å². The molecule has 0 unspecified atom stereocenters. The number of benzene rings is 1. The van der Waals surface area contributed by atoms with Crippen molar-refractivity contribution in [1.29, 1.82) is 0 Å². The Hall–Kier alpha value is -3.12. The molecule has 1 saturated heterocycles. The third kappa shape index (κ3) is 3.22. The second kappa shape index (κ2) is 6.95. The highest BCUT2D eigenvalue weighted by Gasteiger charge is 2.37. The van der Waals surface area contributed by atoms with Crippen molar-refractivity contribution in [2.45, 2.75) is 38.1 Å². The molecule has 0 bridgehead atoms. The monoisotopic (exact) mass is 414 g/mol. The fourth-order valence-electron chi connectivity index (χ4n) is 5.25. The number of aryl methyl sites for hydroxylation is 1. The highest BCUT2D eigenvalue weighted by atomic mass is 16.4. The van der Waals surface area contributed by atoms with Crippen LogP contribution < -0.4 is 15.8 Å². The molecule has 0 atom stereocenters. The Bertz CT molecular complexity index is 1350. The summed E-state index contributed by atoms with van der Waals surface area (Å²) in [6, 6.07) is 12.1. The molecule has 0 radical (unpaired) electrons. The standard InChI is InChI=1S/C25H26N4O2/c1-17-6-10-28-15-21(27-23(28)12-17)20-13-18-4-5-19(14-22(18)31-24(20)30)29-11-9-26-25(16-29)7-2-3-8-25/h4-6,10,12-15,26H,2-3,7-9,11,16H2,1H3. The van der Waals surface area contributed by atoms with Gasteiger partial charge in [0.15, 0.2) is 0 Å². The highest BCUT2D eigenvalue weighted by Crippen LogP contribution is 2.34. The van der Waals surface area contributed by atoms with Gasteiger partial charge in [0.1, 0.15) is 11.2 Å². The molecule has 0 amide bonds. The number of aromatic nitrogens is 2. The first-order valence-corrected chi connectivity index (χ1v) is 11.1. The normalized spacial score (nSPS) is 18.4. The topological polar surface area (TPSA) is 62.8 Å². The van der Waals surface area contributed by atoms with Crippen molar-refractivity contribution in [3.05, 3.63) is 64.8 Å². The maximum atomic E-state index is 12.8. The first kappa shape index (κ1) is 18.6. The van der Waals surface area contributed by atoms with E-state index >= 15 is 0 Å². The minimum Gasteiger partial charge on any atom is -0.422 e. The summed E-state index contributed by atoms with van der Waals surface area (Å²) >= 11 is 0. The lowest BCUT2D eigenvalue weighted by Crippen LogP contribution is -2.59. The minimum atomic E-state index is -0.350. The van der Waals surface area contributed by atoms with Crippen LogP contribution in [0.5, 0.6) is 0 Å². The number of imidazole rings is 1. The average molecular weight is 415 g/mol. The first-order valence-electron chi connectivity index (χ1n) is 11.1. The van der Waals surface area contributed by atoms with E-state index in [9.17, 15) is 4.79 Å². The van der Waals surface area contributed by atoms with Crippen molar-refractivity contribution in [2.24, 2.45) is 0 Å². The number of rotatable bonds is 2. The lowest BCUT2D eigenvalue weighted by molar-refractivity contribution is 0.304. The van der Waals surface area contributed by atoms with Gasteiger partial charge >= 0.3 is 5.63 Å². The van der Waals surface area contributed by atoms with E-state index in [-0.39, 0.29) is 11.2 Å². The molecule has 1 saturated carbocycles. The molecule has 2 fully saturated rings. The van der Waals surface area contributed by atoms with Crippen molar-refractivity contribution in [1.82, 2.24) is 14.7 Å². The van der Waals surface area contributed by atoms with Crippen LogP contribution >= 0.6 is 0 Å². The third-order valence-electron chi connectivity index (χ3n) is 6.91. The van der Waals surface area contributed by atoms with Crippen molar-refractivity contribution >= 4 is 22.3 Å². The molecule has 3 aromatic heterocycles. The number of hydrogen-bond donors (Lipinski definition) is 1. The van der Waals surface area contributed by atoms with Gasteiger partial charge in [0.25, 0.3) is 0 Å². The van der Waals surface area contributed by atoms with Crippen LogP contribution in [0.4, 0.5) is 5.69 Å². The lowest BCUT2D eigenvalue weighted by Gasteiger charge is -2.42. The molecule has 2 aliphatic rings. The molecular weight excluding hydrogens is 388 g/mol. The van der Waals surface area contributed by atoms with E-state index in [1.54, 1.807) is 0 Å². The molecule has 1 N–H and O–H groups in total. The highest BCUT2D eigenvalue weighted by molar-refractivity contribution is 5.84. The number of hydrogen-bond acceptors (Lipinski definition) is 5. The van der Waals surface area contributed by atoms with Crippen LogP contribution in [0.25, 0.3) is 27.9 Å². The number of pyridine rings is 1. The lowest BCUT2D eigenvalue weighted by atomic mass is 9.94. The maximum Gasteiger partial charge on any atom is 0.345 e. The van der Waals surface area contributed by atoms with Crippen LogP contribution in [0, 0.1) is 6.92 Å². The van der Waals surface area contributed by atoms with E-state index in [2.05, 4.69) is 27.3 Å². The van der Waals surface area contributed by atoms with Gasteiger partial charge in [0, 0.05) is 54.7 Å². The average Bonchev–Trinajstić information content (AvgIpc) is 3.39. The molecule has 4 aromatic rings. The zero-order chi connectivity index (χ0) is 21.0. The Morgan fingerprint density at radius 2 is 2.00 bits per heavy atom. The Labute approximate surface area is 180 Å². The number of nitrogens with zero attached hydrogens (tertiary/aromatic N) is 3.